The number of anilines is 2. The number of hydrogen-bond donors (Lipinski definition) is 2. The lowest BCUT2D eigenvalue weighted by Crippen LogP contribution is -2.22. The van der Waals surface area contributed by atoms with Crippen molar-refractivity contribution in [3.05, 3.63) is 53.8 Å². The van der Waals surface area contributed by atoms with Crippen LogP contribution in [-0.4, -0.2) is 18.4 Å². The topological polar surface area (TPSA) is 67.4 Å². The Bertz CT molecular complexity index is 895. The summed E-state index contributed by atoms with van der Waals surface area (Å²) in [5, 5.41) is 4.56. The standard InChI is InChI=1S/C19H16F4N2O3/c20-12-2-1-3-14(8-12)28-10-17(26)25-16-7-6-13(9-15(16)19(21,22)23)24-18(27)11-4-5-11/h1-3,6-9,11H,4-5,10H2,(H,24,27)(H,25,26). The van der Waals surface area contributed by atoms with Crippen molar-refractivity contribution in [2.75, 3.05) is 17.2 Å². The van der Waals surface area contributed by atoms with Crippen molar-refractivity contribution in [1.82, 2.24) is 0 Å². The molecule has 5 nitrogen and oxygen atoms in total. The molecule has 0 unspecified atom stereocenters. The summed E-state index contributed by atoms with van der Waals surface area (Å²) in [4.78, 5) is 23.7. The highest BCUT2D eigenvalue weighted by Crippen LogP contribution is 2.37. The Morgan fingerprint density at radius 1 is 1.07 bits per heavy atom. The highest BCUT2D eigenvalue weighted by atomic mass is 19.4. The SMILES string of the molecule is O=C(COc1cccc(F)c1)Nc1ccc(NC(=O)C2CC2)cc1C(F)(F)F. The number of nitrogens with one attached hydrogen (secondary N) is 2. The minimum Gasteiger partial charge on any atom is -0.484 e. The first kappa shape index (κ1) is 19.7. The zero-order valence-electron chi connectivity index (χ0n) is 14.5. The summed E-state index contributed by atoms with van der Waals surface area (Å²) in [6.07, 6.45) is -3.30. The number of halogens is 4. The van der Waals surface area contributed by atoms with E-state index >= 15 is 0 Å². The van der Waals surface area contributed by atoms with E-state index in [1.165, 1.54) is 24.3 Å². The second-order valence-corrected chi connectivity index (χ2v) is 6.32. The third-order valence-corrected chi connectivity index (χ3v) is 3.98. The second-order valence-electron chi connectivity index (χ2n) is 6.32. The van der Waals surface area contributed by atoms with Crippen LogP contribution in [0.15, 0.2) is 42.5 Å². The molecule has 2 aromatic carbocycles. The Morgan fingerprint density at radius 2 is 1.82 bits per heavy atom. The number of amides is 2. The molecule has 0 aromatic heterocycles. The first-order chi connectivity index (χ1) is 13.2. The lowest BCUT2D eigenvalue weighted by Gasteiger charge is -2.16. The number of rotatable bonds is 6. The van der Waals surface area contributed by atoms with Crippen molar-refractivity contribution < 1.29 is 31.9 Å². The molecule has 0 bridgehead atoms. The van der Waals surface area contributed by atoms with Crippen LogP contribution in [0.2, 0.25) is 0 Å². The molecule has 0 saturated heterocycles. The molecule has 3 rings (SSSR count). The van der Waals surface area contributed by atoms with Crippen LogP contribution < -0.4 is 15.4 Å². The van der Waals surface area contributed by atoms with Gasteiger partial charge in [0.05, 0.1) is 11.3 Å². The Labute approximate surface area is 157 Å². The smallest absolute Gasteiger partial charge is 0.418 e. The summed E-state index contributed by atoms with van der Waals surface area (Å²) >= 11 is 0. The summed E-state index contributed by atoms with van der Waals surface area (Å²) in [5.41, 5.74) is -1.57. The fourth-order valence-electron chi connectivity index (χ4n) is 2.45. The summed E-state index contributed by atoms with van der Waals surface area (Å²) in [7, 11) is 0. The van der Waals surface area contributed by atoms with Gasteiger partial charge in [-0.3, -0.25) is 9.59 Å². The molecule has 0 atom stereocenters. The molecule has 28 heavy (non-hydrogen) atoms. The quantitative estimate of drug-likeness (QED) is 0.719. The molecule has 2 aromatic rings. The van der Waals surface area contributed by atoms with E-state index in [1.54, 1.807) is 0 Å². The van der Waals surface area contributed by atoms with E-state index in [9.17, 15) is 27.2 Å². The van der Waals surface area contributed by atoms with Gasteiger partial charge in [-0.05, 0) is 43.2 Å². The first-order valence-corrected chi connectivity index (χ1v) is 8.43. The van der Waals surface area contributed by atoms with Gasteiger partial charge in [0.2, 0.25) is 5.91 Å². The zero-order chi connectivity index (χ0) is 20.3. The lowest BCUT2D eigenvalue weighted by atomic mass is 10.1. The molecular formula is C19H16F4N2O3. The molecule has 1 fully saturated rings. The molecule has 148 valence electrons. The fourth-order valence-corrected chi connectivity index (χ4v) is 2.45. The lowest BCUT2D eigenvalue weighted by molar-refractivity contribution is -0.137. The van der Waals surface area contributed by atoms with Gasteiger partial charge < -0.3 is 15.4 Å². The minimum absolute atomic E-state index is 0.00163. The number of ether oxygens (including phenoxy) is 1. The van der Waals surface area contributed by atoms with E-state index in [0.717, 1.165) is 31.0 Å². The molecule has 1 saturated carbocycles. The van der Waals surface area contributed by atoms with Crippen LogP contribution in [0.5, 0.6) is 5.75 Å². The Balaban J connectivity index is 1.69. The molecule has 0 heterocycles. The Hall–Kier alpha value is -3.10. The molecule has 9 heteroatoms. The maximum Gasteiger partial charge on any atom is 0.418 e. The van der Waals surface area contributed by atoms with Gasteiger partial charge in [0.1, 0.15) is 11.6 Å². The highest BCUT2D eigenvalue weighted by molar-refractivity contribution is 5.96. The van der Waals surface area contributed by atoms with Crippen LogP contribution in [-0.2, 0) is 15.8 Å². The number of benzene rings is 2. The molecule has 0 aliphatic heterocycles. The third-order valence-electron chi connectivity index (χ3n) is 3.98. The number of hydrogen-bond acceptors (Lipinski definition) is 3. The van der Waals surface area contributed by atoms with E-state index in [0.29, 0.717) is 0 Å². The van der Waals surface area contributed by atoms with Gasteiger partial charge >= 0.3 is 6.18 Å². The van der Waals surface area contributed by atoms with Crippen LogP contribution in [0.4, 0.5) is 28.9 Å². The predicted octanol–water partition coefficient (Wildman–Crippen LogP) is 4.21. The molecule has 1 aliphatic rings. The molecule has 0 radical (unpaired) electrons. The number of alkyl halides is 3. The molecule has 0 spiro atoms. The normalized spacial score (nSPS) is 13.7. The van der Waals surface area contributed by atoms with E-state index < -0.39 is 35.8 Å². The molecule has 1 aliphatic carbocycles. The van der Waals surface area contributed by atoms with Crippen LogP contribution in [0.3, 0.4) is 0 Å². The summed E-state index contributed by atoms with van der Waals surface area (Å²) < 4.78 is 58.2. The number of carbonyl (C=O) groups is 2. The Morgan fingerprint density at radius 3 is 2.46 bits per heavy atom. The monoisotopic (exact) mass is 396 g/mol. The van der Waals surface area contributed by atoms with E-state index in [4.69, 9.17) is 4.74 Å². The minimum atomic E-state index is -4.74. The molecule has 2 amide bonds. The summed E-state index contributed by atoms with van der Waals surface area (Å²) in [6, 6.07) is 8.12. The average molecular weight is 396 g/mol. The fraction of sp³-hybridized carbons (Fsp3) is 0.263. The maximum absolute atomic E-state index is 13.3. The van der Waals surface area contributed by atoms with Crippen molar-refractivity contribution >= 4 is 23.2 Å². The van der Waals surface area contributed by atoms with Crippen LogP contribution in [0.25, 0.3) is 0 Å². The van der Waals surface area contributed by atoms with E-state index in [-0.39, 0.29) is 23.3 Å². The van der Waals surface area contributed by atoms with Crippen LogP contribution in [0, 0.1) is 11.7 Å². The largest absolute Gasteiger partial charge is 0.484 e. The van der Waals surface area contributed by atoms with Gasteiger partial charge in [-0.15, -0.1) is 0 Å². The summed E-state index contributed by atoms with van der Waals surface area (Å²) in [5.74, 6) is -1.82. The van der Waals surface area contributed by atoms with Crippen LogP contribution >= 0.6 is 0 Å². The van der Waals surface area contributed by atoms with E-state index in [2.05, 4.69) is 10.6 Å². The van der Waals surface area contributed by atoms with Gasteiger partial charge in [-0.25, -0.2) is 4.39 Å². The highest BCUT2D eigenvalue weighted by Gasteiger charge is 2.35. The van der Waals surface area contributed by atoms with Crippen molar-refractivity contribution in [2.24, 2.45) is 5.92 Å². The van der Waals surface area contributed by atoms with Gasteiger partial charge in [-0.1, -0.05) is 6.07 Å². The van der Waals surface area contributed by atoms with Crippen LogP contribution in [0.1, 0.15) is 18.4 Å². The predicted molar refractivity (Wildman–Crippen MR) is 93.3 cm³/mol. The second kappa shape index (κ2) is 7.87. The van der Waals surface area contributed by atoms with Gasteiger partial charge in [0.15, 0.2) is 6.61 Å². The molecule has 2 N–H and O–H groups in total. The van der Waals surface area contributed by atoms with Gasteiger partial charge in [0, 0.05) is 17.7 Å². The first-order valence-electron chi connectivity index (χ1n) is 8.43. The van der Waals surface area contributed by atoms with Crippen molar-refractivity contribution in [3.63, 3.8) is 0 Å². The van der Waals surface area contributed by atoms with Gasteiger partial charge in [0.25, 0.3) is 5.91 Å². The maximum atomic E-state index is 13.3. The average Bonchev–Trinajstić information content (AvgIpc) is 3.46. The van der Waals surface area contributed by atoms with Crippen molar-refractivity contribution in [3.8, 4) is 5.75 Å². The van der Waals surface area contributed by atoms with E-state index in [1.807, 2.05) is 0 Å². The third kappa shape index (κ3) is 5.21. The Kier molecular flexibility index (Phi) is 5.53. The molecular weight excluding hydrogens is 380 g/mol. The summed E-state index contributed by atoms with van der Waals surface area (Å²) in [6.45, 7) is -0.596. The number of carbonyl (C=O) groups excluding carboxylic acids is 2. The van der Waals surface area contributed by atoms with Gasteiger partial charge in [-0.2, -0.15) is 13.2 Å². The zero-order valence-corrected chi connectivity index (χ0v) is 14.5. The van der Waals surface area contributed by atoms with Crippen molar-refractivity contribution in [2.45, 2.75) is 19.0 Å². The van der Waals surface area contributed by atoms with Crippen molar-refractivity contribution in [1.29, 1.82) is 0 Å².